The number of rotatable bonds is 10. The van der Waals surface area contributed by atoms with Crippen LogP contribution in [-0.2, 0) is 6.11 Å². The van der Waals surface area contributed by atoms with Crippen molar-refractivity contribution >= 4 is 0 Å². The van der Waals surface area contributed by atoms with Gasteiger partial charge in [0.1, 0.15) is 11.3 Å². The van der Waals surface area contributed by atoms with Crippen LogP contribution in [0.3, 0.4) is 0 Å². The summed E-state index contributed by atoms with van der Waals surface area (Å²) in [5.74, 6) is -4.15. The third-order valence-corrected chi connectivity index (χ3v) is 8.50. The van der Waals surface area contributed by atoms with Crippen molar-refractivity contribution in [3.63, 3.8) is 0 Å². The zero-order valence-electron chi connectivity index (χ0n) is 24.0. The van der Waals surface area contributed by atoms with Gasteiger partial charge in [-0.1, -0.05) is 81.1 Å². The zero-order chi connectivity index (χ0) is 30.6. The maximum absolute atomic E-state index is 15.1. The SMILES string of the molecule is CCCCCC1CCC(c2ccc(OC(F)(F)c3ccc(-c4ccc(-c5ccc(F)c(F)c5)cc4)c(F)c3F)cc2)CC1. The van der Waals surface area contributed by atoms with Crippen LogP contribution in [0.2, 0.25) is 0 Å². The lowest BCUT2D eigenvalue weighted by molar-refractivity contribution is -0.187. The molecule has 0 bridgehead atoms. The first-order chi connectivity index (χ1) is 20.7. The Morgan fingerprint density at radius 2 is 1.33 bits per heavy atom. The summed E-state index contributed by atoms with van der Waals surface area (Å²) in [5.41, 5.74) is 0.767. The van der Waals surface area contributed by atoms with E-state index in [0.717, 1.165) is 48.6 Å². The van der Waals surface area contributed by atoms with E-state index in [1.807, 2.05) is 0 Å². The van der Waals surface area contributed by atoms with Gasteiger partial charge in [-0.05, 0) is 90.1 Å². The Morgan fingerprint density at radius 3 is 1.98 bits per heavy atom. The molecule has 0 amide bonds. The van der Waals surface area contributed by atoms with E-state index in [0.29, 0.717) is 17.0 Å². The van der Waals surface area contributed by atoms with E-state index < -0.39 is 34.9 Å². The monoisotopic (exact) mass is 596 g/mol. The van der Waals surface area contributed by atoms with Gasteiger partial charge in [-0.25, -0.2) is 17.6 Å². The first kappa shape index (κ1) is 30.7. The van der Waals surface area contributed by atoms with Crippen molar-refractivity contribution in [2.75, 3.05) is 0 Å². The molecule has 4 aromatic carbocycles. The van der Waals surface area contributed by atoms with E-state index in [1.54, 1.807) is 12.1 Å². The van der Waals surface area contributed by atoms with E-state index >= 15 is 13.2 Å². The van der Waals surface area contributed by atoms with Crippen LogP contribution in [-0.4, -0.2) is 0 Å². The van der Waals surface area contributed by atoms with Crippen molar-refractivity contribution in [2.45, 2.75) is 70.3 Å². The summed E-state index contributed by atoms with van der Waals surface area (Å²) in [6.07, 6.45) is 5.39. The molecule has 0 saturated heterocycles. The maximum Gasteiger partial charge on any atom is 0.429 e. The standard InChI is InChI=1S/C36H34F6O/c1-2-3-4-5-23-6-8-24(9-7-23)25-14-17-29(18-15-25)43-36(41,42)31-20-19-30(34(39)35(31)40)27-12-10-26(11-13-27)28-16-21-32(37)33(38)22-28/h10-24H,2-9H2,1H3. The highest BCUT2D eigenvalue weighted by Crippen LogP contribution is 2.40. The van der Waals surface area contributed by atoms with Crippen LogP contribution in [0, 0.1) is 29.2 Å². The lowest BCUT2D eigenvalue weighted by Gasteiger charge is -2.29. The molecule has 5 rings (SSSR count). The van der Waals surface area contributed by atoms with Crippen molar-refractivity contribution in [1.82, 2.24) is 0 Å². The minimum absolute atomic E-state index is 0.140. The Labute approximate surface area is 248 Å². The van der Waals surface area contributed by atoms with Crippen LogP contribution in [0.4, 0.5) is 26.3 Å². The predicted molar refractivity (Wildman–Crippen MR) is 157 cm³/mol. The first-order valence-electron chi connectivity index (χ1n) is 14.9. The minimum Gasteiger partial charge on any atom is -0.429 e. The highest BCUT2D eigenvalue weighted by molar-refractivity contribution is 5.71. The highest BCUT2D eigenvalue weighted by Gasteiger charge is 2.39. The van der Waals surface area contributed by atoms with Crippen molar-refractivity contribution in [3.05, 3.63) is 113 Å². The third-order valence-electron chi connectivity index (χ3n) is 8.50. The maximum atomic E-state index is 15.1. The van der Waals surface area contributed by atoms with E-state index in [2.05, 4.69) is 6.92 Å². The summed E-state index contributed by atoms with van der Waals surface area (Å²) < 4.78 is 91.9. The van der Waals surface area contributed by atoms with Crippen LogP contribution >= 0.6 is 0 Å². The number of halogens is 6. The smallest absolute Gasteiger partial charge is 0.429 e. The predicted octanol–water partition coefficient (Wildman–Crippen LogP) is 11.6. The molecular weight excluding hydrogens is 562 g/mol. The molecule has 0 atom stereocenters. The normalized spacial score (nSPS) is 17.2. The van der Waals surface area contributed by atoms with Gasteiger partial charge >= 0.3 is 6.11 Å². The molecule has 1 saturated carbocycles. The fraction of sp³-hybridized carbons (Fsp3) is 0.333. The Bertz CT molecular complexity index is 1520. The molecule has 43 heavy (non-hydrogen) atoms. The van der Waals surface area contributed by atoms with Gasteiger partial charge < -0.3 is 4.74 Å². The summed E-state index contributed by atoms with van der Waals surface area (Å²) in [6.45, 7) is 2.21. The average Bonchev–Trinajstić information content (AvgIpc) is 3.01. The lowest BCUT2D eigenvalue weighted by Crippen LogP contribution is -2.24. The van der Waals surface area contributed by atoms with Crippen LogP contribution < -0.4 is 4.74 Å². The minimum atomic E-state index is -4.11. The Morgan fingerprint density at radius 1 is 0.674 bits per heavy atom. The lowest BCUT2D eigenvalue weighted by atomic mass is 9.77. The van der Waals surface area contributed by atoms with Crippen molar-refractivity contribution in [1.29, 1.82) is 0 Å². The summed E-state index contributed by atoms with van der Waals surface area (Å²) >= 11 is 0. The second kappa shape index (κ2) is 13.3. The summed E-state index contributed by atoms with van der Waals surface area (Å²) in [4.78, 5) is 0. The van der Waals surface area contributed by atoms with Gasteiger partial charge in [-0.15, -0.1) is 0 Å². The zero-order valence-corrected chi connectivity index (χ0v) is 24.0. The van der Waals surface area contributed by atoms with Gasteiger partial charge in [0.2, 0.25) is 0 Å². The third kappa shape index (κ3) is 7.09. The van der Waals surface area contributed by atoms with Crippen LogP contribution in [0.15, 0.2) is 78.9 Å². The number of alkyl halides is 2. The largest absolute Gasteiger partial charge is 0.429 e. The molecule has 4 aromatic rings. The van der Waals surface area contributed by atoms with Gasteiger partial charge in [0, 0.05) is 5.56 Å². The fourth-order valence-electron chi connectivity index (χ4n) is 5.99. The second-order valence-corrected chi connectivity index (χ2v) is 11.4. The van der Waals surface area contributed by atoms with E-state index in [-0.39, 0.29) is 16.9 Å². The molecule has 1 nitrogen and oxygen atoms in total. The molecule has 0 aliphatic heterocycles. The molecular formula is C36H34F6O. The van der Waals surface area contributed by atoms with Gasteiger partial charge in [-0.2, -0.15) is 8.78 Å². The second-order valence-electron chi connectivity index (χ2n) is 11.4. The quantitative estimate of drug-likeness (QED) is 0.131. The van der Waals surface area contributed by atoms with E-state index in [4.69, 9.17) is 4.74 Å². The molecule has 0 spiro atoms. The number of benzene rings is 4. The summed E-state index contributed by atoms with van der Waals surface area (Å²) in [6, 6.07) is 17.7. The Kier molecular flexibility index (Phi) is 9.48. The van der Waals surface area contributed by atoms with Gasteiger partial charge in [0.25, 0.3) is 0 Å². The van der Waals surface area contributed by atoms with E-state index in [1.165, 1.54) is 81.0 Å². The summed E-state index contributed by atoms with van der Waals surface area (Å²) in [5, 5.41) is 0. The number of hydrogen-bond acceptors (Lipinski definition) is 1. The average molecular weight is 597 g/mol. The Balaban J connectivity index is 1.25. The molecule has 1 aliphatic rings. The molecule has 0 heterocycles. The van der Waals surface area contributed by atoms with Crippen LogP contribution in [0.1, 0.15) is 75.3 Å². The van der Waals surface area contributed by atoms with Crippen LogP contribution in [0.25, 0.3) is 22.3 Å². The molecule has 0 N–H and O–H groups in total. The van der Waals surface area contributed by atoms with Gasteiger partial charge in [0.15, 0.2) is 23.3 Å². The number of ether oxygens (including phenoxy) is 1. The summed E-state index contributed by atoms with van der Waals surface area (Å²) in [7, 11) is 0. The van der Waals surface area contributed by atoms with Gasteiger partial charge in [-0.3, -0.25) is 0 Å². The topological polar surface area (TPSA) is 9.23 Å². The van der Waals surface area contributed by atoms with Gasteiger partial charge in [0.05, 0.1) is 0 Å². The van der Waals surface area contributed by atoms with E-state index in [9.17, 15) is 13.2 Å². The Hall–Kier alpha value is -3.74. The highest BCUT2D eigenvalue weighted by atomic mass is 19.3. The fourth-order valence-corrected chi connectivity index (χ4v) is 5.99. The molecule has 1 fully saturated rings. The molecule has 0 radical (unpaired) electrons. The molecule has 0 unspecified atom stereocenters. The van der Waals surface area contributed by atoms with Crippen molar-refractivity contribution < 1.29 is 31.1 Å². The number of hydrogen-bond donors (Lipinski definition) is 0. The van der Waals surface area contributed by atoms with Crippen LogP contribution in [0.5, 0.6) is 5.75 Å². The molecule has 226 valence electrons. The molecule has 0 aromatic heterocycles. The van der Waals surface area contributed by atoms with Crippen molar-refractivity contribution in [3.8, 4) is 28.0 Å². The molecule has 1 aliphatic carbocycles. The van der Waals surface area contributed by atoms with Crippen molar-refractivity contribution in [2.24, 2.45) is 5.92 Å². The number of unbranched alkanes of at least 4 members (excludes halogenated alkanes) is 2. The first-order valence-corrected chi connectivity index (χ1v) is 14.9. The molecule has 7 heteroatoms.